The van der Waals surface area contributed by atoms with E-state index in [2.05, 4.69) is 441 Å². The SMILES string of the molecule is c1ccc(N2c3ccccc3B3c4cc5c(cc4N(c4ccccc4)c4cc(-n6c7ccc(-c8ccc9ccccc9c8)cc7c7c8ccccc8ccc76)cc2c43)N(c2ccccc2)c2cc(-n3c4ccc(-c6ccc7ccccc7c6)cc4c4c6ccccc6c6ccccc6c43)cc3c2B5c2ccccc2N3c2ccccc2)cc1. The van der Waals surface area contributed by atoms with Crippen LogP contribution in [-0.4, -0.2) is 22.6 Å². The lowest BCUT2D eigenvalue weighted by Gasteiger charge is -2.47. The van der Waals surface area contributed by atoms with Crippen LogP contribution in [-0.2, 0) is 0 Å². The van der Waals surface area contributed by atoms with Gasteiger partial charge < -0.3 is 28.7 Å². The van der Waals surface area contributed by atoms with Gasteiger partial charge in [-0.2, -0.15) is 0 Å². The molecule has 6 heterocycles. The Morgan fingerprint density at radius 2 is 0.517 bits per heavy atom. The van der Waals surface area contributed by atoms with Crippen LogP contribution >= 0.6 is 0 Å². The van der Waals surface area contributed by atoms with Gasteiger partial charge in [-0.25, -0.2) is 0 Å². The molecule has 544 valence electrons. The average Bonchev–Trinajstić information content (AvgIpc) is 0.716. The number of hydrogen-bond donors (Lipinski definition) is 0. The van der Waals surface area contributed by atoms with Crippen molar-refractivity contribution in [2.24, 2.45) is 0 Å². The number of aromatic nitrogens is 2. The number of anilines is 12. The highest BCUT2D eigenvalue weighted by atomic mass is 15.2. The molecule has 118 heavy (non-hydrogen) atoms. The van der Waals surface area contributed by atoms with Crippen molar-refractivity contribution in [3.05, 3.63) is 413 Å². The Morgan fingerprint density at radius 3 is 1.02 bits per heavy atom. The molecule has 26 rings (SSSR count). The maximum absolute atomic E-state index is 2.67. The zero-order chi connectivity index (χ0) is 77.0. The highest BCUT2D eigenvalue weighted by molar-refractivity contribution is 7.03. The van der Waals surface area contributed by atoms with E-state index in [1.54, 1.807) is 0 Å². The van der Waals surface area contributed by atoms with Crippen LogP contribution in [0.15, 0.2) is 413 Å². The molecule has 4 aliphatic heterocycles. The Labute approximate surface area is 682 Å². The molecule has 0 unspecified atom stereocenters. The zero-order valence-electron chi connectivity index (χ0n) is 64.1. The van der Waals surface area contributed by atoms with Gasteiger partial charge in [0.1, 0.15) is 0 Å². The van der Waals surface area contributed by atoms with Crippen LogP contribution in [0.3, 0.4) is 0 Å². The van der Waals surface area contributed by atoms with Crippen molar-refractivity contribution in [3.8, 4) is 33.6 Å². The first-order valence-electron chi connectivity index (χ1n) is 41.0. The van der Waals surface area contributed by atoms with Crippen molar-refractivity contribution in [2.75, 3.05) is 19.6 Å². The van der Waals surface area contributed by atoms with Gasteiger partial charge in [-0.3, -0.25) is 0 Å². The predicted molar refractivity (Wildman–Crippen MR) is 502 cm³/mol. The maximum Gasteiger partial charge on any atom is 0.252 e. The lowest BCUT2D eigenvalue weighted by Crippen LogP contribution is -2.65. The number of hydrogen-bond acceptors (Lipinski definition) is 4. The van der Waals surface area contributed by atoms with Crippen molar-refractivity contribution < 1.29 is 0 Å². The van der Waals surface area contributed by atoms with Gasteiger partial charge in [0, 0.05) is 95.2 Å². The fraction of sp³-hybridized carbons (Fsp3) is 0. The fourth-order valence-corrected chi connectivity index (χ4v) is 21.1. The molecule has 22 aromatic rings. The van der Waals surface area contributed by atoms with Crippen LogP contribution in [0.4, 0.5) is 68.2 Å². The number of para-hydroxylation sites is 6. The van der Waals surface area contributed by atoms with Gasteiger partial charge in [0.2, 0.25) is 0 Å². The summed E-state index contributed by atoms with van der Waals surface area (Å²) in [4.78, 5) is 10.4. The van der Waals surface area contributed by atoms with Crippen LogP contribution in [0, 0.1) is 0 Å². The molecular formula is C110H68B2N6. The molecule has 8 heteroatoms. The minimum absolute atomic E-state index is 0.210. The fourth-order valence-electron chi connectivity index (χ4n) is 21.1. The molecule has 2 aromatic heterocycles. The normalized spacial score (nSPS) is 13.2. The summed E-state index contributed by atoms with van der Waals surface area (Å²) in [6.45, 7) is -0.428. The summed E-state index contributed by atoms with van der Waals surface area (Å²) < 4.78 is 5.19. The second-order valence-corrected chi connectivity index (χ2v) is 32.2. The van der Waals surface area contributed by atoms with Crippen LogP contribution in [0.2, 0.25) is 0 Å². The van der Waals surface area contributed by atoms with Crippen LogP contribution < -0.4 is 52.4 Å². The van der Waals surface area contributed by atoms with Gasteiger partial charge in [-0.05, 0) is 237 Å². The minimum atomic E-state index is -0.218. The molecule has 0 atom stereocenters. The Morgan fingerprint density at radius 1 is 0.169 bits per heavy atom. The van der Waals surface area contributed by atoms with E-state index in [0.29, 0.717) is 0 Å². The monoisotopic (exact) mass is 1490 g/mol. The summed E-state index contributed by atoms with van der Waals surface area (Å²) in [5.74, 6) is 0. The van der Waals surface area contributed by atoms with Crippen molar-refractivity contribution in [1.29, 1.82) is 0 Å². The second kappa shape index (κ2) is 25.1. The highest BCUT2D eigenvalue weighted by Gasteiger charge is 2.49. The van der Waals surface area contributed by atoms with E-state index in [9.17, 15) is 0 Å². The van der Waals surface area contributed by atoms with E-state index in [0.717, 1.165) is 96.2 Å². The Kier molecular flexibility index (Phi) is 13.8. The molecule has 0 saturated carbocycles. The molecule has 0 fully saturated rings. The molecule has 4 aliphatic rings. The maximum atomic E-state index is 2.67. The predicted octanol–water partition coefficient (Wildman–Crippen LogP) is 25.1. The van der Waals surface area contributed by atoms with Crippen molar-refractivity contribution in [2.45, 2.75) is 0 Å². The highest BCUT2D eigenvalue weighted by Crippen LogP contribution is 2.53. The van der Waals surface area contributed by atoms with E-state index in [1.807, 2.05) is 0 Å². The molecular weight excluding hydrogens is 1430 g/mol. The molecule has 0 N–H and O–H groups in total. The smallest absolute Gasteiger partial charge is 0.252 e. The van der Waals surface area contributed by atoms with Gasteiger partial charge in [0.15, 0.2) is 0 Å². The van der Waals surface area contributed by atoms with Crippen molar-refractivity contribution in [1.82, 2.24) is 9.13 Å². The summed E-state index contributed by atoms with van der Waals surface area (Å²) in [5, 5.41) is 17.1. The van der Waals surface area contributed by atoms with E-state index >= 15 is 0 Å². The first-order valence-corrected chi connectivity index (χ1v) is 41.0. The molecule has 0 spiro atoms. The third-order valence-corrected chi connectivity index (χ3v) is 26.1. The number of fused-ring (bicyclic) bond motifs is 23. The number of nitrogens with zero attached hydrogens (tertiary/aromatic N) is 6. The topological polar surface area (TPSA) is 22.8 Å². The lowest BCUT2D eigenvalue weighted by molar-refractivity contribution is 1.16. The van der Waals surface area contributed by atoms with E-state index in [1.165, 1.54) is 136 Å². The Bertz CT molecular complexity index is 8050. The van der Waals surface area contributed by atoms with E-state index in [-0.39, 0.29) is 13.4 Å². The van der Waals surface area contributed by atoms with Crippen molar-refractivity contribution in [3.63, 3.8) is 0 Å². The third-order valence-electron chi connectivity index (χ3n) is 26.1. The Hall–Kier alpha value is -15.4. The first-order chi connectivity index (χ1) is 58.6. The molecule has 20 aromatic carbocycles. The summed E-state index contributed by atoms with van der Waals surface area (Å²) in [5.41, 5.74) is 32.4. The van der Waals surface area contributed by atoms with E-state index < -0.39 is 0 Å². The van der Waals surface area contributed by atoms with Gasteiger partial charge in [0.25, 0.3) is 13.4 Å². The molecule has 6 nitrogen and oxygen atoms in total. The largest absolute Gasteiger partial charge is 0.311 e. The molecule has 0 amide bonds. The van der Waals surface area contributed by atoms with Crippen LogP contribution in [0.1, 0.15) is 0 Å². The van der Waals surface area contributed by atoms with Gasteiger partial charge in [0.05, 0.1) is 33.4 Å². The zero-order valence-corrected chi connectivity index (χ0v) is 64.1. The van der Waals surface area contributed by atoms with Crippen LogP contribution in [0.25, 0.3) is 131 Å². The summed E-state index contributed by atoms with van der Waals surface area (Å²) >= 11 is 0. The molecule has 0 saturated heterocycles. The summed E-state index contributed by atoms with van der Waals surface area (Å²) in [6.07, 6.45) is 0. The van der Waals surface area contributed by atoms with Crippen molar-refractivity contribution >= 4 is 212 Å². The minimum Gasteiger partial charge on any atom is -0.311 e. The molecule has 0 radical (unpaired) electrons. The summed E-state index contributed by atoms with van der Waals surface area (Å²) in [7, 11) is 0. The number of rotatable bonds is 8. The first kappa shape index (κ1) is 65.1. The van der Waals surface area contributed by atoms with Gasteiger partial charge in [-0.15, -0.1) is 0 Å². The van der Waals surface area contributed by atoms with Crippen LogP contribution in [0.5, 0.6) is 0 Å². The third kappa shape index (κ3) is 9.36. The number of benzene rings is 20. The Balaban J connectivity index is 0.765. The molecule has 0 aliphatic carbocycles. The van der Waals surface area contributed by atoms with E-state index in [4.69, 9.17) is 0 Å². The average molecular weight is 1500 g/mol. The second-order valence-electron chi connectivity index (χ2n) is 32.2. The summed E-state index contributed by atoms with van der Waals surface area (Å²) in [6, 6.07) is 156. The standard InChI is InChI=1S/C110H68B2N6/c1-5-32-78(33-6-1)113-97-47-25-23-45-91(97)111-93-67-94-101(68-100(93)115(80-36-9-3-10-37-80)104-64-82(63-102(113)108(104)111)117-95-56-54-76(74-51-49-69-27-13-15-30-72(69)59-74)61-89(95)106-84-40-18-17-29-71(84)53-58-99(106)117)116(81-38-11-4-12-39-81)105-66-83(65-103-109(105)112(94)92-46-24-26-48-98(92)114(103)79-34-7-2-8-35-79)118-96-57-55-77(75-52-50-70-28-14-16-31-73(70)60-75)62-90(96)107-87-43-21-19-41-85(87)86-42-20-22-44-88(86)110(107)118/h1-68H. The van der Waals surface area contributed by atoms with Gasteiger partial charge >= 0.3 is 0 Å². The molecule has 0 bridgehead atoms. The quantitative estimate of drug-likeness (QED) is 0.112. The lowest BCUT2D eigenvalue weighted by atomic mass is 9.30. The van der Waals surface area contributed by atoms with Gasteiger partial charge in [-0.1, -0.05) is 279 Å².